The monoisotopic (exact) mass is 382 g/mol. The molecule has 0 radical (unpaired) electrons. The van der Waals surface area contributed by atoms with Crippen LogP contribution in [0.25, 0.3) is 16.9 Å². The van der Waals surface area contributed by atoms with Crippen molar-refractivity contribution in [3.8, 4) is 16.9 Å². The zero-order valence-corrected chi connectivity index (χ0v) is 16.3. The highest BCUT2D eigenvalue weighted by molar-refractivity contribution is 6.30. The molecule has 1 aromatic heterocycles. The van der Waals surface area contributed by atoms with Gasteiger partial charge in [-0.3, -0.25) is 0 Å². The first-order valence-electron chi connectivity index (χ1n) is 8.97. The lowest BCUT2D eigenvalue weighted by Crippen LogP contribution is -2.37. The van der Waals surface area contributed by atoms with Crippen LogP contribution in [-0.4, -0.2) is 34.3 Å². The van der Waals surface area contributed by atoms with Gasteiger partial charge in [-0.15, -0.1) is 0 Å². The lowest BCUT2D eigenvalue weighted by molar-refractivity contribution is 0.207. The average molecular weight is 383 g/mol. The first-order chi connectivity index (χ1) is 13.1. The van der Waals surface area contributed by atoms with Crippen molar-refractivity contribution >= 4 is 17.6 Å². The van der Waals surface area contributed by atoms with Crippen molar-refractivity contribution in [3.05, 3.63) is 71.4 Å². The highest BCUT2D eigenvalue weighted by atomic mass is 35.5. The molecule has 140 valence electrons. The van der Waals surface area contributed by atoms with Crippen LogP contribution in [-0.2, 0) is 6.54 Å². The third kappa shape index (κ3) is 4.68. The molecule has 0 bridgehead atoms. The van der Waals surface area contributed by atoms with Crippen LogP contribution in [0.15, 0.2) is 60.8 Å². The first kappa shape index (κ1) is 19.0. The van der Waals surface area contributed by atoms with Gasteiger partial charge in [-0.1, -0.05) is 48.9 Å². The summed E-state index contributed by atoms with van der Waals surface area (Å²) < 4.78 is 1.84. The number of nitrogens with zero attached hydrogens (tertiary/aromatic N) is 3. The van der Waals surface area contributed by atoms with Crippen molar-refractivity contribution in [1.29, 1.82) is 0 Å². The molecule has 0 fully saturated rings. The van der Waals surface area contributed by atoms with Crippen LogP contribution < -0.4 is 5.32 Å². The van der Waals surface area contributed by atoms with Gasteiger partial charge in [-0.05, 0) is 30.7 Å². The Labute approximate surface area is 164 Å². The van der Waals surface area contributed by atoms with E-state index in [4.69, 9.17) is 16.7 Å². The number of rotatable bonds is 6. The third-order valence-corrected chi connectivity index (χ3v) is 4.46. The van der Waals surface area contributed by atoms with E-state index in [1.165, 1.54) is 0 Å². The summed E-state index contributed by atoms with van der Waals surface area (Å²) in [6.45, 7) is 3.15. The van der Waals surface area contributed by atoms with Crippen LogP contribution in [0.3, 0.4) is 0 Å². The van der Waals surface area contributed by atoms with Gasteiger partial charge in [0.1, 0.15) is 0 Å². The molecular formula is C21H23ClN4O. The number of amides is 2. The third-order valence-electron chi connectivity index (χ3n) is 4.21. The fourth-order valence-corrected chi connectivity index (χ4v) is 2.91. The molecule has 0 aliphatic carbocycles. The van der Waals surface area contributed by atoms with Crippen LogP contribution in [0.4, 0.5) is 4.79 Å². The van der Waals surface area contributed by atoms with E-state index >= 15 is 0 Å². The van der Waals surface area contributed by atoms with Crippen molar-refractivity contribution in [2.24, 2.45) is 0 Å². The lowest BCUT2D eigenvalue weighted by Gasteiger charge is -2.17. The fourth-order valence-electron chi connectivity index (χ4n) is 2.78. The highest BCUT2D eigenvalue weighted by Crippen LogP contribution is 2.26. The van der Waals surface area contributed by atoms with E-state index in [9.17, 15) is 4.79 Å². The molecular weight excluding hydrogens is 360 g/mol. The standard InChI is InChI=1S/C21H23ClN4O/c1-3-13-23-21(27)25(2)14-17-15-26(19-7-5-4-6-8-19)24-20(17)16-9-11-18(22)12-10-16/h4-12,15H,3,13-14H2,1-2H3,(H,23,27). The van der Waals surface area contributed by atoms with Crippen LogP contribution in [0.2, 0.25) is 5.02 Å². The quantitative estimate of drug-likeness (QED) is 0.669. The Morgan fingerprint density at radius 2 is 1.85 bits per heavy atom. The van der Waals surface area contributed by atoms with Gasteiger partial charge in [0.05, 0.1) is 17.9 Å². The lowest BCUT2D eigenvalue weighted by atomic mass is 10.1. The van der Waals surface area contributed by atoms with E-state index < -0.39 is 0 Å². The zero-order chi connectivity index (χ0) is 19.2. The number of hydrogen-bond donors (Lipinski definition) is 1. The Morgan fingerprint density at radius 1 is 1.15 bits per heavy atom. The summed E-state index contributed by atoms with van der Waals surface area (Å²) in [4.78, 5) is 13.9. The molecule has 3 rings (SSSR count). The van der Waals surface area contributed by atoms with Gasteiger partial charge in [0, 0.05) is 35.9 Å². The maximum atomic E-state index is 12.2. The van der Waals surface area contributed by atoms with Crippen molar-refractivity contribution in [3.63, 3.8) is 0 Å². The molecule has 2 aromatic carbocycles. The van der Waals surface area contributed by atoms with E-state index in [0.717, 1.165) is 28.9 Å². The van der Waals surface area contributed by atoms with Gasteiger partial charge >= 0.3 is 6.03 Å². The van der Waals surface area contributed by atoms with Crippen LogP contribution in [0.5, 0.6) is 0 Å². The van der Waals surface area contributed by atoms with Gasteiger partial charge < -0.3 is 10.2 Å². The molecule has 3 aromatic rings. The summed E-state index contributed by atoms with van der Waals surface area (Å²) in [6, 6.07) is 17.4. The second kappa shape index (κ2) is 8.73. The van der Waals surface area contributed by atoms with Crippen molar-refractivity contribution in [2.75, 3.05) is 13.6 Å². The molecule has 0 atom stereocenters. The smallest absolute Gasteiger partial charge is 0.317 e. The minimum absolute atomic E-state index is 0.0913. The molecule has 5 nitrogen and oxygen atoms in total. The molecule has 1 heterocycles. The zero-order valence-electron chi connectivity index (χ0n) is 15.5. The predicted molar refractivity (Wildman–Crippen MR) is 109 cm³/mol. The Bertz CT molecular complexity index is 890. The van der Waals surface area contributed by atoms with E-state index in [0.29, 0.717) is 18.1 Å². The number of hydrogen-bond acceptors (Lipinski definition) is 2. The second-order valence-corrected chi connectivity index (χ2v) is 6.81. The van der Waals surface area contributed by atoms with Gasteiger partial charge in [0.15, 0.2) is 0 Å². The van der Waals surface area contributed by atoms with E-state index in [1.807, 2.05) is 72.4 Å². The Kier molecular flexibility index (Phi) is 6.14. The number of benzene rings is 2. The number of carbonyl (C=O) groups excluding carboxylic acids is 1. The molecule has 2 amide bonds. The maximum absolute atomic E-state index is 12.2. The van der Waals surface area contributed by atoms with Gasteiger partial charge in [0.2, 0.25) is 0 Å². The fraction of sp³-hybridized carbons (Fsp3) is 0.238. The second-order valence-electron chi connectivity index (χ2n) is 6.38. The van der Waals surface area contributed by atoms with E-state index in [-0.39, 0.29) is 6.03 Å². The number of para-hydroxylation sites is 1. The summed E-state index contributed by atoms with van der Waals surface area (Å²) in [5, 5.41) is 8.35. The minimum Gasteiger partial charge on any atom is -0.338 e. The summed E-state index contributed by atoms with van der Waals surface area (Å²) in [6.07, 6.45) is 2.88. The summed E-state index contributed by atoms with van der Waals surface area (Å²) in [5.74, 6) is 0. The topological polar surface area (TPSA) is 50.2 Å². The maximum Gasteiger partial charge on any atom is 0.317 e. The molecule has 27 heavy (non-hydrogen) atoms. The first-order valence-corrected chi connectivity index (χ1v) is 9.35. The van der Waals surface area contributed by atoms with Crippen LogP contribution in [0, 0.1) is 0 Å². The minimum atomic E-state index is -0.0913. The predicted octanol–water partition coefficient (Wildman–Crippen LogP) is 4.74. The summed E-state index contributed by atoms with van der Waals surface area (Å²) in [5.41, 5.74) is 3.74. The van der Waals surface area contributed by atoms with Crippen molar-refractivity contribution < 1.29 is 4.79 Å². The van der Waals surface area contributed by atoms with Gasteiger partial charge in [0.25, 0.3) is 0 Å². The molecule has 0 unspecified atom stereocenters. The summed E-state index contributed by atoms with van der Waals surface area (Å²) in [7, 11) is 1.79. The van der Waals surface area contributed by atoms with Crippen LogP contribution >= 0.6 is 11.6 Å². The normalized spacial score (nSPS) is 10.6. The SMILES string of the molecule is CCCNC(=O)N(C)Cc1cn(-c2ccccc2)nc1-c1ccc(Cl)cc1. The number of urea groups is 1. The van der Waals surface area contributed by atoms with E-state index in [1.54, 1.807) is 11.9 Å². The molecule has 0 aliphatic heterocycles. The molecule has 1 N–H and O–H groups in total. The number of carbonyl (C=O) groups is 1. The number of aromatic nitrogens is 2. The number of halogens is 1. The Hall–Kier alpha value is -2.79. The van der Waals surface area contributed by atoms with Crippen molar-refractivity contribution in [2.45, 2.75) is 19.9 Å². The number of nitrogens with one attached hydrogen (secondary N) is 1. The van der Waals surface area contributed by atoms with Gasteiger partial charge in [-0.2, -0.15) is 5.10 Å². The molecule has 6 heteroatoms. The Morgan fingerprint density at radius 3 is 2.52 bits per heavy atom. The Balaban J connectivity index is 1.94. The summed E-state index contributed by atoms with van der Waals surface area (Å²) >= 11 is 6.03. The highest BCUT2D eigenvalue weighted by Gasteiger charge is 2.16. The van der Waals surface area contributed by atoms with Gasteiger partial charge in [-0.25, -0.2) is 9.48 Å². The molecule has 0 saturated carbocycles. The average Bonchev–Trinajstić information content (AvgIpc) is 3.11. The van der Waals surface area contributed by atoms with Crippen LogP contribution in [0.1, 0.15) is 18.9 Å². The van der Waals surface area contributed by atoms with Crippen molar-refractivity contribution in [1.82, 2.24) is 20.0 Å². The van der Waals surface area contributed by atoms with E-state index in [2.05, 4.69) is 5.32 Å². The molecule has 0 spiro atoms. The molecule has 0 saturated heterocycles. The largest absolute Gasteiger partial charge is 0.338 e. The molecule has 0 aliphatic rings.